The molecule has 0 atom stereocenters. The summed E-state index contributed by atoms with van der Waals surface area (Å²) in [6.45, 7) is 0.909. The van der Waals surface area contributed by atoms with E-state index in [-0.39, 0.29) is 5.54 Å². The summed E-state index contributed by atoms with van der Waals surface area (Å²) in [7, 11) is 1.69. The average Bonchev–Trinajstić information content (AvgIpc) is 3.06. The number of methoxy groups -OCH3 is 1. The van der Waals surface area contributed by atoms with E-state index in [4.69, 9.17) is 19.9 Å². The van der Waals surface area contributed by atoms with Crippen molar-refractivity contribution >= 4 is 0 Å². The van der Waals surface area contributed by atoms with Crippen LogP contribution in [0.3, 0.4) is 0 Å². The van der Waals surface area contributed by atoms with E-state index in [9.17, 15) is 0 Å². The van der Waals surface area contributed by atoms with Crippen molar-refractivity contribution < 1.29 is 14.2 Å². The zero-order valence-electron chi connectivity index (χ0n) is 9.99. The topological polar surface area (TPSA) is 53.7 Å². The lowest BCUT2D eigenvalue weighted by Crippen LogP contribution is -2.25. The molecule has 0 amide bonds. The van der Waals surface area contributed by atoms with Crippen molar-refractivity contribution in [2.24, 2.45) is 5.73 Å². The Bertz CT molecular complexity index is 441. The van der Waals surface area contributed by atoms with Gasteiger partial charge in [0.25, 0.3) is 0 Å². The molecule has 4 nitrogen and oxygen atoms in total. The molecule has 1 aromatic rings. The van der Waals surface area contributed by atoms with Crippen LogP contribution in [0.15, 0.2) is 12.1 Å². The van der Waals surface area contributed by atoms with Gasteiger partial charge in [0, 0.05) is 11.1 Å². The van der Waals surface area contributed by atoms with E-state index in [0.717, 1.165) is 41.9 Å². The Hall–Kier alpha value is -1.26. The van der Waals surface area contributed by atoms with E-state index in [1.54, 1.807) is 7.11 Å². The van der Waals surface area contributed by atoms with E-state index in [1.807, 2.05) is 12.1 Å². The van der Waals surface area contributed by atoms with Gasteiger partial charge in [0.05, 0.1) is 13.7 Å². The zero-order valence-corrected chi connectivity index (χ0v) is 9.99. The van der Waals surface area contributed by atoms with Gasteiger partial charge >= 0.3 is 0 Å². The van der Waals surface area contributed by atoms with Crippen molar-refractivity contribution in [3.8, 4) is 11.5 Å². The molecule has 0 aromatic heterocycles. The van der Waals surface area contributed by atoms with E-state index < -0.39 is 0 Å². The lowest BCUT2D eigenvalue weighted by atomic mass is 10.0. The molecule has 3 rings (SSSR count). The summed E-state index contributed by atoms with van der Waals surface area (Å²) in [5.41, 5.74) is 8.31. The molecule has 1 saturated carbocycles. The third-order valence-corrected chi connectivity index (χ3v) is 3.45. The van der Waals surface area contributed by atoms with Gasteiger partial charge in [-0.15, -0.1) is 0 Å². The summed E-state index contributed by atoms with van der Waals surface area (Å²) < 4.78 is 16.1. The third kappa shape index (κ3) is 2.10. The van der Waals surface area contributed by atoms with Gasteiger partial charge < -0.3 is 19.9 Å². The highest BCUT2D eigenvalue weighted by molar-refractivity contribution is 5.47. The molecule has 0 spiro atoms. The molecule has 17 heavy (non-hydrogen) atoms. The van der Waals surface area contributed by atoms with Crippen molar-refractivity contribution in [3.05, 3.63) is 23.3 Å². The molecule has 0 unspecified atom stereocenters. The molecule has 0 radical (unpaired) electrons. The Kier molecular flexibility index (Phi) is 2.49. The van der Waals surface area contributed by atoms with Crippen LogP contribution in [0.4, 0.5) is 0 Å². The first kappa shape index (κ1) is 10.9. The summed E-state index contributed by atoms with van der Waals surface area (Å²) in [5.74, 6) is 1.78. The van der Waals surface area contributed by atoms with Crippen LogP contribution in [0.2, 0.25) is 0 Å². The molecule has 1 aliphatic heterocycles. The summed E-state index contributed by atoms with van der Waals surface area (Å²) in [5, 5.41) is 0. The summed E-state index contributed by atoms with van der Waals surface area (Å²) in [6.07, 6.45) is 3.04. The van der Waals surface area contributed by atoms with Gasteiger partial charge in [0.15, 0.2) is 6.79 Å². The molecule has 2 N–H and O–H groups in total. The molecule has 1 aromatic carbocycles. The first-order valence-electron chi connectivity index (χ1n) is 5.89. The van der Waals surface area contributed by atoms with Crippen LogP contribution in [0.1, 0.15) is 24.0 Å². The minimum absolute atomic E-state index is 0.0211. The highest BCUT2D eigenvalue weighted by Crippen LogP contribution is 2.40. The van der Waals surface area contributed by atoms with E-state index in [2.05, 4.69) is 0 Å². The van der Waals surface area contributed by atoms with Crippen molar-refractivity contribution in [2.75, 3.05) is 13.9 Å². The Morgan fingerprint density at radius 3 is 2.94 bits per heavy atom. The van der Waals surface area contributed by atoms with Gasteiger partial charge in [-0.2, -0.15) is 0 Å². The second-order valence-electron chi connectivity index (χ2n) is 4.92. The fourth-order valence-electron chi connectivity index (χ4n) is 2.19. The van der Waals surface area contributed by atoms with Gasteiger partial charge in [-0.3, -0.25) is 0 Å². The summed E-state index contributed by atoms with van der Waals surface area (Å²) >= 11 is 0. The molecule has 1 heterocycles. The highest BCUT2D eigenvalue weighted by atomic mass is 16.7. The van der Waals surface area contributed by atoms with Gasteiger partial charge in [0.1, 0.15) is 11.5 Å². The lowest BCUT2D eigenvalue weighted by molar-refractivity contribution is -0.0165. The van der Waals surface area contributed by atoms with Crippen LogP contribution in [0.25, 0.3) is 0 Å². The second kappa shape index (κ2) is 3.89. The molecule has 4 heteroatoms. The average molecular weight is 235 g/mol. The van der Waals surface area contributed by atoms with Gasteiger partial charge in [-0.25, -0.2) is 0 Å². The molecule has 2 aliphatic rings. The molecule has 0 bridgehead atoms. The molecular formula is C13H17NO3. The third-order valence-electron chi connectivity index (χ3n) is 3.45. The Morgan fingerprint density at radius 1 is 1.41 bits per heavy atom. The molecule has 1 fully saturated rings. The summed E-state index contributed by atoms with van der Waals surface area (Å²) in [6, 6.07) is 4.04. The van der Waals surface area contributed by atoms with Crippen molar-refractivity contribution in [2.45, 2.75) is 31.4 Å². The maximum atomic E-state index is 6.16. The number of hydrogen-bond acceptors (Lipinski definition) is 4. The zero-order chi connectivity index (χ0) is 11.9. The van der Waals surface area contributed by atoms with Crippen LogP contribution >= 0.6 is 0 Å². The molecule has 0 saturated heterocycles. The number of ether oxygens (including phenoxy) is 3. The predicted molar refractivity (Wildman–Crippen MR) is 63.1 cm³/mol. The summed E-state index contributed by atoms with van der Waals surface area (Å²) in [4.78, 5) is 0. The maximum Gasteiger partial charge on any atom is 0.189 e. The Balaban J connectivity index is 1.94. The van der Waals surface area contributed by atoms with Gasteiger partial charge in [-0.05, 0) is 37.0 Å². The Labute approximate surface area is 101 Å². The first-order chi connectivity index (χ1) is 8.20. The van der Waals surface area contributed by atoms with Gasteiger partial charge in [-0.1, -0.05) is 0 Å². The maximum absolute atomic E-state index is 6.16. The standard InChI is InChI=1S/C13H17NO3/c1-15-11-5-10-7-16-8-17-12(10)4-9(11)6-13(14)2-3-13/h4-5H,2-3,6-8,14H2,1H3. The quantitative estimate of drug-likeness (QED) is 0.864. The largest absolute Gasteiger partial charge is 0.496 e. The number of nitrogens with two attached hydrogens (primary N) is 1. The van der Waals surface area contributed by atoms with Crippen molar-refractivity contribution in [1.82, 2.24) is 0 Å². The fraction of sp³-hybridized carbons (Fsp3) is 0.538. The predicted octanol–water partition coefficient (Wildman–Crippen LogP) is 1.60. The lowest BCUT2D eigenvalue weighted by Gasteiger charge is -2.21. The molecule has 92 valence electrons. The first-order valence-corrected chi connectivity index (χ1v) is 5.89. The van der Waals surface area contributed by atoms with Crippen molar-refractivity contribution in [1.29, 1.82) is 0 Å². The van der Waals surface area contributed by atoms with Gasteiger partial charge in [0.2, 0.25) is 0 Å². The fourth-order valence-corrected chi connectivity index (χ4v) is 2.19. The number of fused-ring (bicyclic) bond motifs is 1. The highest BCUT2D eigenvalue weighted by Gasteiger charge is 2.39. The monoisotopic (exact) mass is 235 g/mol. The van der Waals surface area contributed by atoms with Crippen LogP contribution in [-0.2, 0) is 17.8 Å². The van der Waals surface area contributed by atoms with E-state index in [0.29, 0.717) is 13.4 Å². The van der Waals surface area contributed by atoms with Crippen LogP contribution in [0.5, 0.6) is 11.5 Å². The van der Waals surface area contributed by atoms with E-state index in [1.165, 1.54) is 0 Å². The molecular weight excluding hydrogens is 218 g/mol. The van der Waals surface area contributed by atoms with Crippen LogP contribution < -0.4 is 15.2 Å². The SMILES string of the molecule is COc1cc2c(cc1CC1(N)CC1)OCOC2. The number of rotatable bonds is 3. The Morgan fingerprint density at radius 2 is 2.24 bits per heavy atom. The minimum Gasteiger partial charge on any atom is -0.496 e. The normalized spacial score (nSPS) is 20.4. The van der Waals surface area contributed by atoms with E-state index >= 15 is 0 Å². The number of hydrogen-bond donors (Lipinski definition) is 1. The number of benzene rings is 1. The molecule has 1 aliphatic carbocycles. The van der Waals surface area contributed by atoms with Crippen molar-refractivity contribution in [3.63, 3.8) is 0 Å². The minimum atomic E-state index is -0.0211. The second-order valence-corrected chi connectivity index (χ2v) is 4.92. The smallest absolute Gasteiger partial charge is 0.189 e. The van der Waals surface area contributed by atoms with Crippen LogP contribution in [-0.4, -0.2) is 19.4 Å². The van der Waals surface area contributed by atoms with Crippen LogP contribution in [0, 0.1) is 0 Å².